The first-order valence-electron chi connectivity index (χ1n) is 8.09. The fourth-order valence-corrected chi connectivity index (χ4v) is 3.23. The zero-order valence-corrected chi connectivity index (χ0v) is 13.6. The van der Waals surface area contributed by atoms with E-state index >= 15 is 0 Å². The van der Waals surface area contributed by atoms with Gasteiger partial charge in [-0.3, -0.25) is 9.69 Å². The van der Waals surface area contributed by atoms with E-state index in [0.717, 1.165) is 38.4 Å². The quantitative estimate of drug-likeness (QED) is 0.693. The third-order valence-electron chi connectivity index (χ3n) is 4.48. The van der Waals surface area contributed by atoms with Gasteiger partial charge in [0.25, 0.3) is 0 Å². The minimum absolute atomic E-state index is 0.0249. The number of morpholine rings is 1. The molecule has 0 unspecified atom stereocenters. The van der Waals surface area contributed by atoms with Crippen LogP contribution in [0.15, 0.2) is 45.6 Å². The van der Waals surface area contributed by atoms with Gasteiger partial charge in [0, 0.05) is 25.2 Å². The van der Waals surface area contributed by atoms with Gasteiger partial charge in [-0.05, 0) is 18.2 Å². The number of ether oxygens (including phenoxy) is 2. The summed E-state index contributed by atoms with van der Waals surface area (Å²) >= 11 is 0. The molecular formula is C19H19NO4. The van der Waals surface area contributed by atoms with Gasteiger partial charge in [0.15, 0.2) is 11.3 Å². The first kappa shape index (κ1) is 15.2. The number of hydrogen-bond acceptors (Lipinski definition) is 5. The molecule has 0 atom stereocenters. The van der Waals surface area contributed by atoms with Crippen LogP contribution in [0, 0.1) is 0 Å². The Labute approximate surface area is 139 Å². The van der Waals surface area contributed by atoms with Crippen LogP contribution in [0.25, 0.3) is 21.9 Å². The minimum atomic E-state index is -0.0249. The Morgan fingerprint density at radius 2 is 1.88 bits per heavy atom. The lowest BCUT2D eigenvalue weighted by molar-refractivity contribution is 0.0339. The third kappa shape index (κ3) is 2.56. The second kappa shape index (κ2) is 6.26. The predicted octanol–water partition coefficient (Wildman–Crippen LogP) is 2.79. The monoisotopic (exact) mass is 325 g/mol. The van der Waals surface area contributed by atoms with Crippen LogP contribution in [0.3, 0.4) is 0 Å². The highest BCUT2D eigenvalue weighted by atomic mass is 16.5. The van der Waals surface area contributed by atoms with Gasteiger partial charge in [-0.1, -0.05) is 18.2 Å². The summed E-state index contributed by atoms with van der Waals surface area (Å²) in [6, 6.07) is 11.1. The number of rotatable bonds is 3. The van der Waals surface area contributed by atoms with E-state index in [2.05, 4.69) is 4.90 Å². The summed E-state index contributed by atoms with van der Waals surface area (Å²) in [5.74, 6) is 0.641. The van der Waals surface area contributed by atoms with Crippen LogP contribution in [0.4, 0.5) is 0 Å². The summed E-state index contributed by atoms with van der Waals surface area (Å²) in [6.07, 6.45) is 0. The van der Waals surface area contributed by atoms with Crippen LogP contribution in [-0.2, 0) is 11.3 Å². The average molecular weight is 325 g/mol. The SMILES string of the molecule is COc1c(CN2CCOCC2)ccc2c(=O)c3ccccc3oc12. The molecule has 0 saturated carbocycles. The second-order valence-electron chi connectivity index (χ2n) is 5.95. The first-order chi connectivity index (χ1) is 11.8. The van der Waals surface area contributed by atoms with Gasteiger partial charge in [0.1, 0.15) is 5.58 Å². The molecule has 0 N–H and O–H groups in total. The number of methoxy groups -OCH3 is 1. The van der Waals surface area contributed by atoms with E-state index in [9.17, 15) is 4.79 Å². The van der Waals surface area contributed by atoms with Crippen molar-refractivity contribution in [3.63, 3.8) is 0 Å². The zero-order chi connectivity index (χ0) is 16.5. The van der Waals surface area contributed by atoms with Crippen molar-refractivity contribution in [1.29, 1.82) is 0 Å². The van der Waals surface area contributed by atoms with E-state index in [1.54, 1.807) is 13.2 Å². The predicted molar refractivity (Wildman–Crippen MR) is 92.6 cm³/mol. The molecule has 5 heteroatoms. The molecule has 1 aliphatic heterocycles. The van der Waals surface area contributed by atoms with E-state index in [1.807, 2.05) is 30.3 Å². The van der Waals surface area contributed by atoms with E-state index in [1.165, 1.54) is 0 Å². The van der Waals surface area contributed by atoms with Gasteiger partial charge < -0.3 is 13.9 Å². The van der Waals surface area contributed by atoms with Crippen molar-refractivity contribution in [2.75, 3.05) is 33.4 Å². The molecule has 1 aliphatic rings. The molecule has 2 heterocycles. The molecule has 2 aromatic carbocycles. The summed E-state index contributed by atoms with van der Waals surface area (Å²) in [7, 11) is 1.62. The Balaban J connectivity index is 1.87. The average Bonchev–Trinajstić information content (AvgIpc) is 2.63. The molecule has 5 nitrogen and oxygen atoms in total. The smallest absolute Gasteiger partial charge is 0.200 e. The van der Waals surface area contributed by atoms with Crippen molar-refractivity contribution >= 4 is 21.9 Å². The van der Waals surface area contributed by atoms with Crippen LogP contribution in [0.1, 0.15) is 5.56 Å². The van der Waals surface area contributed by atoms with Crippen molar-refractivity contribution in [1.82, 2.24) is 4.90 Å². The Hall–Kier alpha value is -2.37. The van der Waals surface area contributed by atoms with Crippen molar-refractivity contribution in [3.05, 3.63) is 52.2 Å². The van der Waals surface area contributed by atoms with Crippen LogP contribution in [-0.4, -0.2) is 38.3 Å². The van der Waals surface area contributed by atoms with Gasteiger partial charge >= 0.3 is 0 Å². The van der Waals surface area contributed by atoms with Crippen LogP contribution >= 0.6 is 0 Å². The fourth-order valence-electron chi connectivity index (χ4n) is 3.23. The molecule has 124 valence electrons. The highest BCUT2D eigenvalue weighted by molar-refractivity contribution is 5.93. The lowest BCUT2D eigenvalue weighted by Gasteiger charge is -2.27. The molecule has 0 amide bonds. The molecule has 24 heavy (non-hydrogen) atoms. The summed E-state index contributed by atoms with van der Waals surface area (Å²) in [6.45, 7) is 4.02. The summed E-state index contributed by atoms with van der Waals surface area (Å²) < 4.78 is 17.0. The van der Waals surface area contributed by atoms with Crippen LogP contribution in [0.5, 0.6) is 5.75 Å². The zero-order valence-electron chi connectivity index (χ0n) is 13.6. The molecule has 1 fully saturated rings. The highest BCUT2D eigenvalue weighted by Gasteiger charge is 2.18. The Kier molecular flexibility index (Phi) is 3.96. The van der Waals surface area contributed by atoms with Gasteiger partial charge in [-0.25, -0.2) is 0 Å². The Morgan fingerprint density at radius 3 is 2.67 bits per heavy atom. The van der Waals surface area contributed by atoms with E-state index in [4.69, 9.17) is 13.9 Å². The van der Waals surface area contributed by atoms with E-state index in [0.29, 0.717) is 27.7 Å². The minimum Gasteiger partial charge on any atom is -0.492 e. The van der Waals surface area contributed by atoms with Gasteiger partial charge in [-0.2, -0.15) is 0 Å². The molecular weight excluding hydrogens is 306 g/mol. The lowest BCUT2D eigenvalue weighted by atomic mass is 10.1. The maximum Gasteiger partial charge on any atom is 0.200 e. The van der Waals surface area contributed by atoms with Crippen LogP contribution in [0.2, 0.25) is 0 Å². The number of nitrogens with zero attached hydrogens (tertiary/aromatic N) is 1. The second-order valence-corrected chi connectivity index (χ2v) is 5.95. The van der Waals surface area contributed by atoms with E-state index in [-0.39, 0.29) is 5.43 Å². The molecule has 3 aromatic rings. The summed E-state index contributed by atoms with van der Waals surface area (Å²) in [5.41, 5.74) is 2.09. The Morgan fingerprint density at radius 1 is 1.08 bits per heavy atom. The Bertz CT molecular complexity index is 941. The first-order valence-corrected chi connectivity index (χ1v) is 8.09. The van der Waals surface area contributed by atoms with Crippen molar-refractivity contribution in [3.8, 4) is 5.75 Å². The number of fused-ring (bicyclic) bond motifs is 2. The number of para-hydroxylation sites is 1. The summed E-state index contributed by atoms with van der Waals surface area (Å²) in [5, 5.41) is 1.14. The normalized spacial score (nSPS) is 15.9. The molecule has 4 rings (SSSR count). The number of hydrogen-bond donors (Lipinski definition) is 0. The van der Waals surface area contributed by atoms with Gasteiger partial charge in [0.2, 0.25) is 5.43 Å². The van der Waals surface area contributed by atoms with Crippen LogP contribution < -0.4 is 10.2 Å². The maximum absolute atomic E-state index is 12.7. The standard InChI is InChI=1S/C19H19NO4/c1-22-18-13(12-20-8-10-23-11-9-20)6-7-15-17(21)14-4-2-3-5-16(14)24-19(15)18/h2-7H,8-12H2,1H3. The molecule has 0 spiro atoms. The molecule has 1 aromatic heterocycles. The molecule has 0 radical (unpaired) electrons. The highest BCUT2D eigenvalue weighted by Crippen LogP contribution is 2.31. The lowest BCUT2D eigenvalue weighted by Crippen LogP contribution is -2.35. The molecule has 0 aliphatic carbocycles. The fraction of sp³-hybridized carbons (Fsp3) is 0.316. The van der Waals surface area contributed by atoms with Crippen molar-refractivity contribution < 1.29 is 13.9 Å². The van der Waals surface area contributed by atoms with Crippen molar-refractivity contribution in [2.24, 2.45) is 0 Å². The topological polar surface area (TPSA) is 51.9 Å². The van der Waals surface area contributed by atoms with Crippen molar-refractivity contribution in [2.45, 2.75) is 6.54 Å². The molecule has 1 saturated heterocycles. The summed E-state index contributed by atoms with van der Waals surface area (Å²) in [4.78, 5) is 15.0. The number of benzene rings is 2. The third-order valence-corrected chi connectivity index (χ3v) is 4.48. The largest absolute Gasteiger partial charge is 0.492 e. The van der Waals surface area contributed by atoms with E-state index < -0.39 is 0 Å². The van der Waals surface area contributed by atoms with Gasteiger partial charge in [0.05, 0.1) is 31.1 Å². The maximum atomic E-state index is 12.7. The van der Waals surface area contributed by atoms with Gasteiger partial charge in [-0.15, -0.1) is 0 Å². The molecule has 0 bridgehead atoms.